The van der Waals surface area contributed by atoms with E-state index in [2.05, 4.69) is 16.9 Å². The summed E-state index contributed by atoms with van der Waals surface area (Å²) in [4.78, 5) is 30.8. The molecule has 4 rings (SSSR count). The molecule has 2 aliphatic rings. The zero-order valence-electron chi connectivity index (χ0n) is 15.4. The van der Waals surface area contributed by atoms with E-state index < -0.39 is 0 Å². The van der Waals surface area contributed by atoms with Gasteiger partial charge in [-0.2, -0.15) is 0 Å². The first-order valence-corrected chi connectivity index (χ1v) is 10.1. The summed E-state index contributed by atoms with van der Waals surface area (Å²) in [6.07, 6.45) is 4.07. The number of nitrogens with zero attached hydrogens (tertiary/aromatic N) is 2. The third-order valence-corrected chi connectivity index (χ3v) is 6.57. The Bertz CT molecular complexity index is 896. The average molecular weight is 382 g/mol. The molecule has 2 heterocycles. The van der Waals surface area contributed by atoms with Crippen molar-refractivity contribution in [3.63, 3.8) is 0 Å². The van der Waals surface area contributed by atoms with Gasteiger partial charge in [0.2, 0.25) is 11.8 Å². The third-order valence-electron chi connectivity index (χ3n) is 5.80. The fourth-order valence-corrected chi connectivity index (χ4v) is 4.68. The van der Waals surface area contributed by atoms with Crippen LogP contribution in [-0.4, -0.2) is 34.8 Å². The number of piperidine rings is 1. The van der Waals surface area contributed by atoms with Gasteiger partial charge < -0.3 is 10.2 Å². The SMILES string of the molecule is C=CC(=O)N1CCC2(CC1)CC2C(=O)Nc1cccc(-c2csc(C)n2)c1. The molecule has 1 unspecified atom stereocenters. The van der Waals surface area contributed by atoms with Crippen LogP contribution in [-0.2, 0) is 9.59 Å². The highest BCUT2D eigenvalue weighted by molar-refractivity contribution is 7.09. The van der Waals surface area contributed by atoms with Crippen LogP contribution in [0.3, 0.4) is 0 Å². The molecule has 1 saturated heterocycles. The van der Waals surface area contributed by atoms with Crippen LogP contribution in [0.1, 0.15) is 24.3 Å². The average Bonchev–Trinajstić information content (AvgIpc) is 3.20. The van der Waals surface area contributed by atoms with Crippen LogP contribution in [0.2, 0.25) is 0 Å². The van der Waals surface area contributed by atoms with Gasteiger partial charge >= 0.3 is 0 Å². The van der Waals surface area contributed by atoms with E-state index in [1.807, 2.05) is 41.5 Å². The fraction of sp³-hybridized carbons (Fsp3) is 0.381. The van der Waals surface area contributed by atoms with Gasteiger partial charge in [0.1, 0.15) is 0 Å². The second-order valence-electron chi connectivity index (χ2n) is 7.47. The van der Waals surface area contributed by atoms with Crippen LogP contribution in [0, 0.1) is 18.3 Å². The largest absolute Gasteiger partial charge is 0.339 e. The summed E-state index contributed by atoms with van der Waals surface area (Å²) in [6, 6.07) is 7.85. The van der Waals surface area contributed by atoms with Gasteiger partial charge in [-0.25, -0.2) is 4.98 Å². The molecule has 2 amide bonds. The summed E-state index contributed by atoms with van der Waals surface area (Å²) >= 11 is 1.62. The lowest BCUT2D eigenvalue weighted by Gasteiger charge is -2.32. The van der Waals surface area contributed by atoms with E-state index in [0.29, 0.717) is 13.1 Å². The molecule has 2 fully saturated rings. The summed E-state index contributed by atoms with van der Waals surface area (Å²) in [5.41, 5.74) is 2.84. The van der Waals surface area contributed by atoms with Crippen molar-refractivity contribution in [1.82, 2.24) is 9.88 Å². The van der Waals surface area contributed by atoms with E-state index in [0.717, 1.165) is 41.2 Å². The molecule has 140 valence electrons. The molecule has 2 aromatic rings. The van der Waals surface area contributed by atoms with Gasteiger partial charge in [0.15, 0.2) is 0 Å². The predicted molar refractivity (Wildman–Crippen MR) is 107 cm³/mol. The van der Waals surface area contributed by atoms with Gasteiger partial charge in [0, 0.05) is 35.6 Å². The van der Waals surface area contributed by atoms with Crippen molar-refractivity contribution >= 4 is 28.8 Å². The Morgan fingerprint density at radius 3 is 2.81 bits per heavy atom. The topological polar surface area (TPSA) is 62.3 Å². The monoisotopic (exact) mass is 381 g/mol. The highest BCUT2D eigenvalue weighted by Gasteiger charge is 2.58. The van der Waals surface area contributed by atoms with E-state index in [1.165, 1.54) is 6.08 Å². The molecule has 1 spiro atoms. The van der Waals surface area contributed by atoms with E-state index in [1.54, 1.807) is 11.3 Å². The number of benzene rings is 1. The first-order chi connectivity index (χ1) is 13.0. The molecule has 1 aromatic carbocycles. The summed E-state index contributed by atoms with van der Waals surface area (Å²) in [5, 5.41) is 6.14. The molecule has 1 saturated carbocycles. The smallest absolute Gasteiger partial charge is 0.245 e. The van der Waals surface area contributed by atoms with E-state index in [-0.39, 0.29) is 23.1 Å². The summed E-state index contributed by atoms with van der Waals surface area (Å²) in [5.74, 6) is 0.120. The maximum atomic E-state index is 12.8. The van der Waals surface area contributed by atoms with E-state index in [4.69, 9.17) is 0 Å². The fourth-order valence-electron chi connectivity index (χ4n) is 4.05. The lowest BCUT2D eigenvalue weighted by molar-refractivity contribution is -0.127. The number of carbonyl (C=O) groups excluding carboxylic acids is 2. The Hall–Kier alpha value is -2.47. The second kappa shape index (κ2) is 6.93. The van der Waals surface area contributed by atoms with Gasteiger partial charge in [-0.15, -0.1) is 11.3 Å². The Morgan fingerprint density at radius 2 is 2.15 bits per heavy atom. The molecule has 0 radical (unpaired) electrons. The Labute approximate surface area is 163 Å². The normalized spacial score (nSPS) is 20.3. The predicted octanol–water partition coefficient (Wildman–Crippen LogP) is 3.87. The molecule has 1 aliphatic heterocycles. The number of aromatic nitrogens is 1. The molecular weight excluding hydrogens is 358 g/mol. The number of hydrogen-bond acceptors (Lipinski definition) is 4. The number of nitrogens with one attached hydrogen (secondary N) is 1. The van der Waals surface area contributed by atoms with Crippen molar-refractivity contribution in [1.29, 1.82) is 0 Å². The Balaban J connectivity index is 1.38. The minimum Gasteiger partial charge on any atom is -0.339 e. The van der Waals surface area contributed by atoms with E-state index in [9.17, 15) is 9.59 Å². The zero-order chi connectivity index (χ0) is 19.0. The number of thiazole rings is 1. The molecule has 5 nitrogen and oxygen atoms in total. The van der Waals surface area contributed by atoms with Crippen LogP contribution in [0.15, 0.2) is 42.3 Å². The number of anilines is 1. The molecule has 1 aliphatic carbocycles. The molecule has 0 bridgehead atoms. The standard InChI is InChI=1S/C21H23N3O2S/c1-3-19(25)24-9-7-21(8-10-24)12-17(21)20(26)23-16-6-4-5-15(11-16)18-13-27-14(2)22-18/h3-6,11,13,17H,1,7-10,12H2,2H3,(H,23,26). The van der Waals surface area contributed by atoms with Crippen molar-refractivity contribution in [3.05, 3.63) is 47.3 Å². The minimum absolute atomic E-state index is 0.0133. The van der Waals surface area contributed by atoms with Crippen molar-refractivity contribution in [2.75, 3.05) is 18.4 Å². The molecule has 1 aromatic heterocycles. The zero-order valence-corrected chi connectivity index (χ0v) is 16.2. The van der Waals surface area contributed by atoms with Crippen molar-refractivity contribution in [2.24, 2.45) is 11.3 Å². The number of rotatable bonds is 4. The maximum Gasteiger partial charge on any atom is 0.245 e. The lowest BCUT2D eigenvalue weighted by atomic mass is 9.90. The molecule has 27 heavy (non-hydrogen) atoms. The number of aryl methyl sites for hydroxylation is 1. The van der Waals surface area contributed by atoms with Gasteiger partial charge in [-0.1, -0.05) is 18.7 Å². The molecular formula is C21H23N3O2S. The minimum atomic E-state index is -0.0133. The third kappa shape index (κ3) is 3.54. The number of hydrogen-bond donors (Lipinski definition) is 1. The van der Waals surface area contributed by atoms with Crippen LogP contribution in [0.25, 0.3) is 11.3 Å². The summed E-state index contributed by atoms with van der Waals surface area (Å²) in [7, 11) is 0. The van der Waals surface area contributed by atoms with Crippen LogP contribution in [0.4, 0.5) is 5.69 Å². The maximum absolute atomic E-state index is 12.8. The summed E-state index contributed by atoms with van der Waals surface area (Å²) in [6.45, 7) is 6.97. The van der Waals surface area contributed by atoms with Crippen LogP contribution >= 0.6 is 11.3 Å². The van der Waals surface area contributed by atoms with Crippen molar-refractivity contribution in [3.8, 4) is 11.3 Å². The first kappa shape index (κ1) is 17.9. The van der Waals surface area contributed by atoms with Crippen LogP contribution < -0.4 is 5.32 Å². The lowest BCUT2D eigenvalue weighted by Crippen LogP contribution is -2.39. The van der Waals surface area contributed by atoms with Gasteiger partial charge in [0.05, 0.1) is 10.7 Å². The number of likely N-dealkylation sites (tertiary alicyclic amines) is 1. The van der Waals surface area contributed by atoms with Crippen molar-refractivity contribution < 1.29 is 9.59 Å². The van der Waals surface area contributed by atoms with Crippen molar-refractivity contribution in [2.45, 2.75) is 26.2 Å². The Kier molecular flexibility index (Phi) is 4.60. The molecule has 1 atom stereocenters. The molecule has 1 N–H and O–H groups in total. The van der Waals surface area contributed by atoms with Gasteiger partial charge in [-0.05, 0) is 49.8 Å². The Morgan fingerprint density at radius 1 is 1.37 bits per heavy atom. The quantitative estimate of drug-likeness (QED) is 0.818. The van der Waals surface area contributed by atoms with E-state index >= 15 is 0 Å². The number of carbonyl (C=O) groups is 2. The summed E-state index contributed by atoms with van der Waals surface area (Å²) < 4.78 is 0. The number of amides is 2. The van der Waals surface area contributed by atoms with Crippen LogP contribution in [0.5, 0.6) is 0 Å². The first-order valence-electron chi connectivity index (χ1n) is 9.25. The molecule has 6 heteroatoms. The highest BCUT2D eigenvalue weighted by atomic mass is 32.1. The highest BCUT2D eigenvalue weighted by Crippen LogP contribution is 2.59. The van der Waals surface area contributed by atoms with Gasteiger partial charge in [-0.3, -0.25) is 9.59 Å². The van der Waals surface area contributed by atoms with Gasteiger partial charge in [0.25, 0.3) is 0 Å². The second-order valence-corrected chi connectivity index (χ2v) is 8.53.